The van der Waals surface area contributed by atoms with Crippen LogP contribution in [-0.4, -0.2) is 41.2 Å². The number of hydrogen-bond donors (Lipinski definition) is 1. The SMILES string of the molecule is Cc1cccc2c(C(c3ccncc3)N3CCOCC3)c[nH]c12. The molecule has 1 saturated heterocycles. The molecular weight excluding hydrogens is 286 g/mol. The maximum atomic E-state index is 5.55. The highest BCUT2D eigenvalue weighted by Crippen LogP contribution is 2.34. The number of benzene rings is 1. The summed E-state index contributed by atoms with van der Waals surface area (Å²) in [7, 11) is 0. The Morgan fingerprint density at radius 3 is 2.70 bits per heavy atom. The number of aromatic amines is 1. The fourth-order valence-corrected chi connectivity index (χ4v) is 3.52. The lowest BCUT2D eigenvalue weighted by atomic mass is 9.96. The Morgan fingerprint density at radius 2 is 1.91 bits per heavy atom. The van der Waals surface area contributed by atoms with Gasteiger partial charge >= 0.3 is 0 Å². The van der Waals surface area contributed by atoms with E-state index in [-0.39, 0.29) is 6.04 Å². The number of H-pyrrole nitrogens is 1. The lowest BCUT2D eigenvalue weighted by Crippen LogP contribution is -2.39. The number of rotatable bonds is 3. The predicted octanol–water partition coefficient (Wildman–Crippen LogP) is 3.29. The first kappa shape index (κ1) is 14.4. The van der Waals surface area contributed by atoms with Crippen LogP contribution in [0.15, 0.2) is 48.9 Å². The highest BCUT2D eigenvalue weighted by Gasteiger charge is 2.26. The fraction of sp³-hybridized carbons (Fsp3) is 0.316. The Hall–Kier alpha value is -2.17. The van der Waals surface area contributed by atoms with Crippen LogP contribution < -0.4 is 0 Å². The van der Waals surface area contributed by atoms with Crippen LogP contribution in [0.4, 0.5) is 0 Å². The molecule has 1 unspecified atom stereocenters. The minimum Gasteiger partial charge on any atom is -0.379 e. The number of para-hydroxylation sites is 1. The number of pyridine rings is 1. The largest absolute Gasteiger partial charge is 0.379 e. The number of ether oxygens (including phenoxy) is 1. The van der Waals surface area contributed by atoms with Crippen LogP contribution in [0.1, 0.15) is 22.7 Å². The molecule has 2 aromatic heterocycles. The molecule has 4 heteroatoms. The van der Waals surface area contributed by atoms with Crippen molar-refractivity contribution in [3.05, 3.63) is 65.6 Å². The van der Waals surface area contributed by atoms with Gasteiger partial charge in [-0.1, -0.05) is 18.2 Å². The van der Waals surface area contributed by atoms with Crippen LogP contribution in [-0.2, 0) is 4.74 Å². The Labute approximate surface area is 136 Å². The lowest BCUT2D eigenvalue weighted by Gasteiger charge is -2.34. The van der Waals surface area contributed by atoms with Crippen molar-refractivity contribution >= 4 is 10.9 Å². The molecule has 3 aromatic rings. The van der Waals surface area contributed by atoms with Gasteiger partial charge in [0, 0.05) is 42.6 Å². The molecule has 0 saturated carbocycles. The standard InChI is InChI=1S/C19H21N3O/c1-14-3-2-4-16-17(13-21-18(14)16)19(15-5-7-20-8-6-15)22-9-11-23-12-10-22/h2-8,13,19,21H,9-12H2,1H3. The second-order valence-corrected chi connectivity index (χ2v) is 6.07. The lowest BCUT2D eigenvalue weighted by molar-refractivity contribution is 0.0242. The minimum absolute atomic E-state index is 0.234. The molecule has 1 atom stereocenters. The van der Waals surface area contributed by atoms with Crippen molar-refractivity contribution in [3.63, 3.8) is 0 Å². The monoisotopic (exact) mass is 307 g/mol. The van der Waals surface area contributed by atoms with Gasteiger partial charge in [0.25, 0.3) is 0 Å². The zero-order valence-corrected chi connectivity index (χ0v) is 13.3. The Morgan fingerprint density at radius 1 is 1.13 bits per heavy atom. The minimum atomic E-state index is 0.234. The molecule has 23 heavy (non-hydrogen) atoms. The van der Waals surface area contributed by atoms with E-state index in [4.69, 9.17) is 4.74 Å². The van der Waals surface area contributed by atoms with Crippen molar-refractivity contribution < 1.29 is 4.74 Å². The van der Waals surface area contributed by atoms with E-state index in [1.54, 1.807) is 0 Å². The summed E-state index contributed by atoms with van der Waals surface area (Å²) in [4.78, 5) is 10.2. The maximum Gasteiger partial charge on any atom is 0.0625 e. The van der Waals surface area contributed by atoms with Crippen molar-refractivity contribution in [1.82, 2.24) is 14.9 Å². The summed E-state index contributed by atoms with van der Waals surface area (Å²) in [5, 5.41) is 1.30. The molecule has 1 aromatic carbocycles. The quantitative estimate of drug-likeness (QED) is 0.807. The molecule has 1 N–H and O–H groups in total. The molecule has 3 heterocycles. The Bertz CT molecular complexity index is 791. The Kier molecular flexibility index (Phi) is 3.85. The van der Waals surface area contributed by atoms with Crippen molar-refractivity contribution in [2.75, 3.05) is 26.3 Å². The van der Waals surface area contributed by atoms with E-state index in [1.807, 2.05) is 12.4 Å². The number of fused-ring (bicyclic) bond motifs is 1. The van der Waals surface area contributed by atoms with Gasteiger partial charge in [-0.2, -0.15) is 0 Å². The van der Waals surface area contributed by atoms with E-state index < -0.39 is 0 Å². The number of nitrogens with one attached hydrogen (secondary N) is 1. The van der Waals surface area contributed by atoms with Gasteiger partial charge < -0.3 is 9.72 Å². The van der Waals surface area contributed by atoms with E-state index in [0.29, 0.717) is 0 Å². The normalized spacial score (nSPS) is 17.4. The van der Waals surface area contributed by atoms with Gasteiger partial charge in [-0.15, -0.1) is 0 Å². The molecule has 1 aliphatic rings. The summed E-state index contributed by atoms with van der Waals surface area (Å²) < 4.78 is 5.55. The van der Waals surface area contributed by atoms with E-state index >= 15 is 0 Å². The molecule has 4 rings (SSSR count). The highest BCUT2D eigenvalue weighted by molar-refractivity contribution is 5.86. The first-order valence-corrected chi connectivity index (χ1v) is 8.13. The topological polar surface area (TPSA) is 41.2 Å². The van der Waals surface area contributed by atoms with E-state index in [2.05, 4.69) is 58.3 Å². The number of hydrogen-bond acceptors (Lipinski definition) is 3. The molecule has 0 aliphatic carbocycles. The fourth-order valence-electron chi connectivity index (χ4n) is 3.52. The second kappa shape index (κ2) is 6.14. The summed E-state index contributed by atoms with van der Waals surface area (Å²) in [6.07, 6.45) is 5.92. The Balaban J connectivity index is 1.85. The summed E-state index contributed by atoms with van der Waals surface area (Å²) >= 11 is 0. The molecule has 0 radical (unpaired) electrons. The molecular formula is C19H21N3O. The zero-order chi connectivity index (χ0) is 15.6. The number of nitrogens with zero attached hydrogens (tertiary/aromatic N) is 2. The van der Waals surface area contributed by atoms with Crippen LogP contribution in [0.25, 0.3) is 10.9 Å². The van der Waals surface area contributed by atoms with Crippen molar-refractivity contribution in [2.45, 2.75) is 13.0 Å². The van der Waals surface area contributed by atoms with Crippen molar-refractivity contribution in [3.8, 4) is 0 Å². The van der Waals surface area contributed by atoms with Gasteiger partial charge in [-0.25, -0.2) is 0 Å². The molecule has 1 aliphatic heterocycles. The molecule has 118 valence electrons. The molecule has 0 spiro atoms. The third-order valence-electron chi connectivity index (χ3n) is 4.68. The highest BCUT2D eigenvalue weighted by atomic mass is 16.5. The molecule has 0 amide bonds. The summed E-state index contributed by atoms with van der Waals surface area (Å²) in [5.74, 6) is 0. The molecule has 0 bridgehead atoms. The van der Waals surface area contributed by atoms with Gasteiger partial charge in [0.15, 0.2) is 0 Å². The average Bonchev–Trinajstić information content (AvgIpc) is 3.03. The summed E-state index contributed by atoms with van der Waals surface area (Å²) in [6.45, 7) is 5.64. The second-order valence-electron chi connectivity index (χ2n) is 6.07. The van der Waals surface area contributed by atoms with Gasteiger partial charge in [0.2, 0.25) is 0 Å². The van der Waals surface area contributed by atoms with Crippen LogP contribution in [0.2, 0.25) is 0 Å². The zero-order valence-electron chi connectivity index (χ0n) is 13.3. The average molecular weight is 307 g/mol. The van der Waals surface area contributed by atoms with E-state index in [0.717, 1.165) is 26.3 Å². The van der Waals surface area contributed by atoms with Crippen LogP contribution in [0.5, 0.6) is 0 Å². The number of aryl methyl sites for hydroxylation is 1. The van der Waals surface area contributed by atoms with Gasteiger partial charge in [-0.05, 0) is 35.7 Å². The molecule has 4 nitrogen and oxygen atoms in total. The smallest absolute Gasteiger partial charge is 0.0625 e. The first-order valence-electron chi connectivity index (χ1n) is 8.13. The third-order valence-corrected chi connectivity index (χ3v) is 4.68. The van der Waals surface area contributed by atoms with Crippen LogP contribution in [0.3, 0.4) is 0 Å². The van der Waals surface area contributed by atoms with Gasteiger partial charge in [-0.3, -0.25) is 9.88 Å². The third kappa shape index (κ3) is 2.64. The van der Waals surface area contributed by atoms with Crippen molar-refractivity contribution in [1.29, 1.82) is 0 Å². The molecule has 1 fully saturated rings. The van der Waals surface area contributed by atoms with Crippen LogP contribution in [0, 0.1) is 6.92 Å². The first-order chi connectivity index (χ1) is 11.3. The van der Waals surface area contributed by atoms with Crippen LogP contribution >= 0.6 is 0 Å². The number of morpholine rings is 1. The van der Waals surface area contributed by atoms with Crippen molar-refractivity contribution in [2.24, 2.45) is 0 Å². The summed E-state index contributed by atoms with van der Waals surface area (Å²) in [5.41, 5.74) is 5.13. The van der Waals surface area contributed by atoms with E-state index in [9.17, 15) is 0 Å². The summed E-state index contributed by atoms with van der Waals surface area (Å²) in [6, 6.07) is 11.0. The number of aromatic nitrogens is 2. The van der Waals surface area contributed by atoms with Gasteiger partial charge in [0.1, 0.15) is 0 Å². The predicted molar refractivity (Wildman–Crippen MR) is 91.5 cm³/mol. The van der Waals surface area contributed by atoms with Gasteiger partial charge in [0.05, 0.1) is 19.3 Å². The van der Waals surface area contributed by atoms with E-state index in [1.165, 1.54) is 27.6 Å². The maximum absolute atomic E-state index is 5.55.